The number of aryl methyl sites for hydroxylation is 1. The average molecular weight is 267 g/mol. The predicted molar refractivity (Wildman–Crippen MR) is 72.7 cm³/mol. The number of pyridine rings is 1. The van der Waals surface area contributed by atoms with Crippen LogP contribution in [0.2, 0.25) is 10.0 Å². The summed E-state index contributed by atoms with van der Waals surface area (Å²) in [6, 6.07) is 7.54. The molecule has 2 nitrogen and oxygen atoms in total. The van der Waals surface area contributed by atoms with E-state index in [1.54, 1.807) is 12.3 Å². The molecule has 0 saturated carbocycles. The van der Waals surface area contributed by atoms with Crippen LogP contribution < -0.4 is 5.73 Å². The van der Waals surface area contributed by atoms with Crippen molar-refractivity contribution in [2.45, 2.75) is 13.3 Å². The van der Waals surface area contributed by atoms with E-state index in [0.717, 1.165) is 16.7 Å². The zero-order chi connectivity index (χ0) is 12.4. The van der Waals surface area contributed by atoms with Crippen LogP contribution in [0.3, 0.4) is 0 Å². The highest BCUT2D eigenvalue weighted by molar-refractivity contribution is 6.42. The maximum atomic E-state index is 5.98. The Bertz CT molecular complexity index is 533. The first-order chi connectivity index (χ1) is 8.08. The smallest absolute Gasteiger partial charge is 0.127 e. The Morgan fingerprint density at radius 2 is 1.94 bits per heavy atom. The van der Waals surface area contributed by atoms with Gasteiger partial charge >= 0.3 is 0 Å². The summed E-state index contributed by atoms with van der Waals surface area (Å²) in [5.41, 5.74) is 9.10. The minimum atomic E-state index is 0.560. The molecule has 0 unspecified atom stereocenters. The molecular formula is C13H12Cl2N2. The molecule has 17 heavy (non-hydrogen) atoms. The number of halogens is 2. The standard InChI is InChI=1S/C13H12Cl2N2/c1-8-4-5-17-13(16)10(8)6-9-2-3-11(14)12(15)7-9/h2-5,7H,6H2,1H3,(H2,16,17). The molecule has 0 aliphatic heterocycles. The van der Waals surface area contributed by atoms with Crippen molar-refractivity contribution in [3.05, 3.63) is 57.2 Å². The van der Waals surface area contributed by atoms with Crippen molar-refractivity contribution in [3.8, 4) is 0 Å². The Hall–Kier alpha value is -1.25. The molecule has 0 aliphatic rings. The first-order valence-corrected chi connectivity index (χ1v) is 5.97. The third-order valence-corrected chi connectivity index (χ3v) is 3.43. The van der Waals surface area contributed by atoms with E-state index in [4.69, 9.17) is 28.9 Å². The Kier molecular flexibility index (Phi) is 3.55. The monoisotopic (exact) mass is 266 g/mol. The second kappa shape index (κ2) is 4.94. The molecule has 2 aromatic rings. The van der Waals surface area contributed by atoms with Gasteiger partial charge in [0, 0.05) is 18.2 Å². The van der Waals surface area contributed by atoms with Crippen molar-refractivity contribution in [2.75, 3.05) is 5.73 Å². The number of hydrogen-bond acceptors (Lipinski definition) is 2. The molecule has 2 rings (SSSR count). The van der Waals surface area contributed by atoms with Gasteiger partial charge in [-0.3, -0.25) is 0 Å². The minimum Gasteiger partial charge on any atom is -0.383 e. The van der Waals surface area contributed by atoms with Crippen molar-refractivity contribution in [3.63, 3.8) is 0 Å². The number of nitrogens with two attached hydrogens (primary N) is 1. The first-order valence-electron chi connectivity index (χ1n) is 5.22. The Balaban J connectivity index is 2.35. The summed E-state index contributed by atoms with van der Waals surface area (Å²) in [6.45, 7) is 2.02. The van der Waals surface area contributed by atoms with Crippen molar-refractivity contribution in [1.82, 2.24) is 4.98 Å². The van der Waals surface area contributed by atoms with Crippen LogP contribution in [0.4, 0.5) is 5.82 Å². The van der Waals surface area contributed by atoms with Gasteiger partial charge in [0.2, 0.25) is 0 Å². The van der Waals surface area contributed by atoms with Gasteiger partial charge in [0.05, 0.1) is 10.0 Å². The highest BCUT2D eigenvalue weighted by atomic mass is 35.5. The molecule has 1 aromatic heterocycles. The number of rotatable bonds is 2. The van der Waals surface area contributed by atoms with Crippen LogP contribution in [0.25, 0.3) is 0 Å². The molecule has 0 amide bonds. The molecule has 2 N–H and O–H groups in total. The quantitative estimate of drug-likeness (QED) is 0.897. The number of nitrogens with zero attached hydrogens (tertiary/aromatic N) is 1. The van der Waals surface area contributed by atoms with Gasteiger partial charge in [-0.1, -0.05) is 29.3 Å². The fourth-order valence-electron chi connectivity index (χ4n) is 1.69. The summed E-state index contributed by atoms with van der Waals surface area (Å²) < 4.78 is 0. The predicted octanol–water partition coefficient (Wildman–Crippen LogP) is 3.87. The topological polar surface area (TPSA) is 38.9 Å². The van der Waals surface area contributed by atoms with Crippen LogP contribution >= 0.6 is 23.2 Å². The van der Waals surface area contributed by atoms with Gasteiger partial charge in [-0.25, -0.2) is 4.98 Å². The molecule has 88 valence electrons. The Labute approximate surface area is 110 Å². The van der Waals surface area contributed by atoms with Gasteiger partial charge < -0.3 is 5.73 Å². The summed E-state index contributed by atoms with van der Waals surface area (Å²) in [7, 11) is 0. The lowest BCUT2D eigenvalue weighted by molar-refractivity contribution is 1.12. The molecule has 1 heterocycles. The Morgan fingerprint density at radius 1 is 1.18 bits per heavy atom. The van der Waals surface area contributed by atoms with Crippen molar-refractivity contribution in [2.24, 2.45) is 0 Å². The lowest BCUT2D eigenvalue weighted by atomic mass is 10.0. The van der Waals surface area contributed by atoms with Gasteiger partial charge in [-0.2, -0.15) is 0 Å². The molecule has 0 atom stereocenters. The lowest BCUT2D eigenvalue weighted by Gasteiger charge is -2.09. The fraction of sp³-hybridized carbons (Fsp3) is 0.154. The summed E-state index contributed by atoms with van der Waals surface area (Å²) in [5, 5.41) is 1.12. The van der Waals surface area contributed by atoms with E-state index in [2.05, 4.69) is 4.98 Å². The van der Waals surface area contributed by atoms with Crippen molar-refractivity contribution < 1.29 is 0 Å². The van der Waals surface area contributed by atoms with E-state index < -0.39 is 0 Å². The second-order valence-electron chi connectivity index (χ2n) is 3.92. The average Bonchev–Trinajstić information content (AvgIpc) is 2.28. The van der Waals surface area contributed by atoms with E-state index in [1.165, 1.54) is 0 Å². The largest absolute Gasteiger partial charge is 0.383 e. The minimum absolute atomic E-state index is 0.560. The highest BCUT2D eigenvalue weighted by Gasteiger charge is 2.06. The van der Waals surface area contributed by atoms with Crippen molar-refractivity contribution in [1.29, 1.82) is 0 Å². The molecule has 0 radical (unpaired) electrons. The number of aromatic nitrogens is 1. The maximum Gasteiger partial charge on any atom is 0.127 e. The number of nitrogen functional groups attached to an aromatic ring is 1. The van der Waals surface area contributed by atoms with Crippen LogP contribution in [-0.4, -0.2) is 4.98 Å². The first kappa shape index (κ1) is 12.2. The normalized spacial score (nSPS) is 10.5. The van der Waals surface area contributed by atoms with E-state index >= 15 is 0 Å². The zero-order valence-electron chi connectivity index (χ0n) is 9.37. The molecular weight excluding hydrogens is 255 g/mol. The van der Waals surface area contributed by atoms with Gasteiger partial charge in [0.25, 0.3) is 0 Å². The number of anilines is 1. The third-order valence-electron chi connectivity index (χ3n) is 2.69. The molecule has 0 spiro atoms. The van der Waals surface area contributed by atoms with Gasteiger partial charge in [-0.15, -0.1) is 0 Å². The molecule has 0 fully saturated rings. The molecule has 0 saturated heterocycles. The maximum absolute atomic E-state index is 5.98. The molecule has 4 heteroatoms. The van der Waals surface area contributed by atoms with Gasteiger partial charge in [0.1, 0.15) is 5.82 Å². The second-order valence-corrected chi connectivity index (χ2v) is 4.73. The van der Waals surface area contributed by atoms with Crippen LogP contribution in [0.1, 0.15) is 16.7 Å². The number of hydrogen-bond donors (Lipinski definition) is 1. The van der Waals surface area contributed by atoms with Crippen molar-refractivity contribution >= 4 is 29.0 Å². The van der Waals surface area contributed by atoms with E-state index in [1.807, 2.05) is 25.1 Å². The summed E-state index contributed by atoms with van der Waals surface area (Å²) in [6.07, 6.45) is 2.42. The van der Waals surface area contributed by atoms with Crippen LogP contribution in [0, 0.1) is 6.92 Å². The van der Waals surface area contributed by atoms with E-state index in [-0.39, 0.29) is 0 Å². The molecule has 0 bridgehead atoms. The van der Waals surface area contributed by atoms with Crippen LogP contribution in [0.15, 0.2) is 30.5 Å². The fourth-order valence-corrected chi connectivity index (χ4v) is 2.01. The Morgan fingerprint density at radius 3 is 2.59 bits per heavy atom. The molecule has 0 aliphatic carbocycles. The number of benzene rings is 1. The molecule has 1 aromatic carbocycles. The van der Waals surface area contributed by atoms with Gasteiger partial charge in [0.15, 0.2) is 0 Å². The summed E-state index contributed by atoms with van der Waals surface area (Å²) in [5.74, 6) is 0.566. The SMILES string of the molecule is Cc1ccnc(N)c1Cc1ccc(Cl)c(Cl)c1. The highest BCUT2D eigenvalue weighted by Crippen LogP contribution is 2.25. The van der Waals surface area contributed by atoms with Gasteiger partial charge in [-0.05, 0) is 36.2 Å². The van der Waals surface area contributed by atoms with Crippen LogP contribution in [-0.2, 0) is 6.42 Å². The lowest BCUT2D eigenvalue weighted by Crippen LogP contribution is -2.01. The third kappa shape index (κ3) is 2.71. The van der Waals surface area contributed by atoms with E-state index in [9.17, 15) is 0 Å². The summed E-state index contributed by atoms with van der Waals surface area (Å²) in [4.78, 5) is 4.09. The summed E-state index contributed by atoms with van der Waals surface area (Å²) >= 11 is 11.9. The van der Waals surface area contributed by atoms with E-state index in [0.29, 0.717) is 22.3 Å². The zero-order valence-corrected chi connectivity index (χ0v) is 10.9. The van der Waals surface area contributed by atoms with Crippen LogP contribution in [0.5, 0.6) is 0 Å².